The smallest absolute Gasteiger partial charge is 0.351 e. The van der Waals surface area contributed by atoms with Gasteiger partial charge in [0.25, 0.3) is 5.91 Å². The third-order valence-electron chi connectivity index (χ3n) is 6.80. The van der Waals surface area contributed by atoms with E-state index in [1.54, 1.807) is 12.1 Å². The molecule has 1 aromatic heterocycles. The zero-order valence-electron chi connectivity index (χ0n) is 19.2. The molecule has 1 saturated heterocycles. The Morgan fingerprint density at radius 1 is 1.03 bits per heavy atom. The number of carbonyl (C=O) groups is 2. The van der Waals surface area contributed by atoms with E-state index in [0.29, 0.717) is 21.7 Å². The Hall–Kier alpha value is -2.83. The fraction of sp³-hybridized carbons (Fsp3) is 0.385. The molecule has 0 unspecified atom stereocenters. The molecule has 0 radical (unpaired) electrons. The van der Waals surface area contributed by atoms with Crippen LogP contribution in [0.25, 0.3) is 10.9 Å². The highest BCUT2D eigenvalue weighted by Gasteiger charge is 2.41. The highest BCUT2D eigenvalue weighted by molar-refractivity contribution is 6.31. The van der Waals surface area contributed by atoms with Crippen molar-refractivity contribution in [2.24, 2.45) is 0 Å². The van der Waals surface area contributed by atoms with Gasteiger partial charge in [-0.3, -0.25) is 4.79 Å². The minimum absolute atomic E-state index is 0.0418. The molecule has 174 valence electrons. The second-order valence-corrected chi connectivity index (χ2v) is 9.61. The van der Waals surface area contributed by atoms with Crippen LogP contribution in [-0.4, -0.2) is 47.1 Å². The number of nitrogens with zero attached hydrogens (tertiary/aromatic N) is 1. The molecule has 0 saturated carbocycles. The van der Waals surface area contributed by atoms with Crippen molar-refractivity contribution in [2.45, 2.75) is 45.2 Å². The number of carbonyl (C=O) groups excluding carboxylic acids is 2. The summed E-state index contributed by atoms with van der Waals surface area (Å²) in [5.74, 6) is -0.226. The predicted molar refractivity (Wildman–Crippen MR) is 132 cm³/mol. The normalized spacial score (nSPS) is 16.5. The number of halogens is 1. The first-order valence-corrected chi connectivity index (χ1v) is 12.1. The molecule has 0 aliphatic carbocycles. The van der Waals surface area contributed by atoms with Crippen LogP contribution in [0.2, 0.25) is 5.02 Å². The van der Waals surface area contributed by atoms with Crippen molar-refractivity contribution in [3.8, 4) is 0 Å². The Morgan fingerprint density at radius 3 is 2.45 bits per heavy atom. The maximum absolute atomic E-state index is 13.3. The van der Waals surface area contributed by atoms with Crippen LogP contribution >= 0.6 is 11.6 Å². The summed E-state index contributed by atoms with van der Waals surface area (Å²) in [6.45, 7) is 6.29. The van der Waals surface area contributed by atoms with Crippen LogP contribution in [0.1, 0.15) is 55.2 Å². The second kappa shape index (κ2) is 9.98. The van der Waals surface area contributed by atoms with Gasteiger partial charge in [0.2, 0.25) is 0 Å². The second-order valence-electron chi connectivity index (χ2n) is 9.17. The molecule has 1 aliphatic heterocycles. The van der Waals surface area contributed by atoms with Gasteiger partial charge in [0.05, 0.1) is 25.2 Å². The zero-order chi connectivity index (χ0) is 23.4. The van der Waals surface area contributed by atoms with Crippen molar-refractivity contribution in [3.63, 3.8) is 0 Å². The Balaban J connectivity index is 1.51. The van der Waals surface area contributed by atoms with Crippen molar-refractivity contribution >= 4 is 34.4 Å². The SMILES string of the molecule is CC(C)[N+]1(C(=O)NC[C@H](NC(=O)c2cc3cc(Cl)ccc3[nH]2)c2ccccc2)CCCCC1. The van der Waals surface area contributed by atoms with Crippen molar-refractivity contribution in [2.75, 3.05) is 19.6 Å². The number of fused-ring (bicyclic) bond motifs is 1. The summed E-state index contributed by atoms with van der Waals surface area (Å²) in [6.07, 6.45) is 3.31. The average Bonchev–Trinajstić information content (AvgIpc) is 3.25. The summed E-state index contributed by atoms with van der Waals surface area (Å²) in [5, 5.41) is 7.76. The molecule has 1 fully saturated rings. The van der Waals surface area contributed by atoms with Gasteiger partial charge in [-0.1, -0.05) is 41.9 Å². The number of amides is 3. The first-order chi connectivity index (χ1) is 15.9. The van der Waals surface area contributed by atoms with Crippen molar-refractivity contribution in [1.82, 2.24) is 15.6 Å². The van der Waals surface area contributed by atoms with Gasteiger partial charge in [-0.25, -0.2) is 9.28 Å². The first-order valence-electron chi connectivity index (χ1n) is 11.7. The third-order valence-corrected chi connectivity index (χ3v) is 7.03. The van der Waals surface area contributed by atoms with E-state index in [1.165, 1.54) is 6.42 Å². The lowest BCUT2D eigenvalue weighted by molar-refractivity contribution is -0.876. The standard InChI is InChI=1S/C26H31ClN4O2/c1-18(2)31(13-7-4-8-14-31)26(33)28-17-24(19-9-5-3-6-10-19)30-25(32)23-16-20-15-21(27)11-12-22(20)29-23/h3,5-6,9-12,15-16,18,24H,4,7-8,13-14,17H2,1-2H3,(H2-,28,29,30,32,33)/p+1/t24-/m0/s1. The third kappa shape index (κ3) is 5.07. The lowest BCUT2D eigenvalue weighted by atomic mass is 10.0. The summed E-state index contributed by atoms with van der Waals surface area (Å²) < 4.78 is 0.457. The van der Waals surface area contributed by atoms with Gasteiger partial charge >= 0.3 is 6.03 Å². The number of hydrogen-bond acceptors (Lipinski definition) is 2. The van der Waals surface area contributed by atoms with Crippen LogP contribution < -0.4 is 10.6 Å². The van der Waals surface area contributed by atoms with E-state index in [1.807, 2.05) is 42.5 Å². The number of quaternary nitrogens is 1. The molecule has 6 nitrogen and oxygen atoms in total. The van der Waals surface area contributed by atoms with E-state index in [0.717, 1.165) is 42.4 Å². The van der Waals surface area contributed by atoms with Gasteiger partial charge in [0.15, 0.2) is 0 Å². The predicted octanol–water partition coefficient (Wildman–Crippen LogP) is 5.41. The van der Waals surface area contributed by atoms with Crippen LogP contribution in [0.4, 0.5) is 4.79 Å². The number of benzene rings is 2. The maximum atomic E-state index is 13.3. The van der Waals surface area contributed by atoms with Gasteiger partial charge in [-0.05, 0) is 62.9 Å². The molecule has 0 spiro atoms. The number of nitrogens with one attached hydrogen (secondary N) is 3. The number of hydrogen-bond donors (Lipinski definition) is 3. The molecule has 2 heterocycles. The van der Waals surface area contributed by atoms with Crippen LogP contribution in [0.15, 0.2) is 54.6 Å². The number of likely N-dealkylation sites (tertiary alicyclic amines) is 1. The van der Waals surface area contributed by atoms with Crippen LogP contribution in [0.5, 0.6) is 0 Å². The molecule has 1 atom stereocenters. The number of aromatic nitrogens is 1. The molecule has 33 heavy (non-hydrogen) atoms. The lowest BCUT2D eigenvalue weighted by Crippen LogP contribution is -2.63. The fourth-order valence-corrected chi connectivity index (χ4v) is 4.96. The molecule has 2 aromatic carbocycles. The van der Waals surface area contributed by atoms with Gasteiger partial charge < -0.3 is 15.6 Å². The summed E-state index contributed by atoms with van der Waals surface area (Å²) in [6, 6.07) is 16.9. The molecular weight excluding hydrogens is 436 g/mol. The van der Waals surface area contributed by atoms with E-state index in [2.05, 4.69) is 29.5 Å². The topological polar surface area (TPSA) is 74.0 Å². The number of piperidine rings is 1. The van der Waals surface area contributed by atoms with E-state index in [9.17, 15) is 9.59 Å². The minimum atomic E-state index is -0.352. The molecule has 3 amide bonds. The highest BCUT2D eigenvalue weighted by Crippen LogP contribution is 2.24. The van der Waals surface area contributed by atoms with E-state index < -0.39 is 0 Å². The Kier molecular flexibility index (Phi) is 7.05. The first kappa shape index (κ1) is 23.3. The monoisotopic (exact) mass is 467 g/mol. The van der Waals surface area contributed by atoms with Crippen LogP contribution in [0.3, 0.4) is 0 Å². The Bertz CT molecular complexity index is 1120. The van der Waals surface area contributed by atoms with E-state index >= 15 is 0 Å². The molecule has 7 heteroatoms. The molecule has 4 rings (SSSR count). The minimum Gasteiger partial charge on any atom is -0.351 e. The summed E-state index contributed by atoms with van der Waals surface area (Å²) in [5.41, 5.74) is 2.25. The number of aromatic amines is 1. The average molecular weight is 468 g/mol. The molecule has 3 aromatic rings. The highest BCUT2D eigenvalue weighted by atomic mass is 35.5. The van der Waals surface area contributed by atoms with Crippen molar-refractivity contribution < 1.29 is 14.1 Å². The molecule has 3 N–H and O–H groups in total. The summed E-state index contributed by atoms with van der Waals surface area (Å²) >= 11 is 6.08. The Morgan fingerprint density at radius 2 is 1.76 bits per heavy atom. The van der Waals surface area contributed by atoms with Crippen molar-refractivity contribution in [1.29, 1.82) is 0 Å². The molecule has 0 bridgehead atoms. The van der Waals surface area contributed by atoms with E-state index in [-0.39, 0.29) is 24.0 Å². The number of rotatable bonds is 6. The van der Waals surface area contributed by atoms with Gasteiger partial charge in [-0.2, -0.15) is 0 Å². The fourth-order valence-electron chi connectivity index (χ4n) is 4.78. The van der Waals surface area contributed by atoms with Gasteiger partial charge in [0, 0.05) is 22.5 Å². The van der Waals surface area contributed by atoms with Crippen LogP contribution in [0, 0.1) is 0 Å². The lowest BCUT2D eigenvalue weighted by Gasteiger charge is -2.42. The van der Waals surface area contributed by atoms with Crippen LogP contribution in [-0.2, 0) is 0 Å². The molecular formula is C26H32ClN4O2+. The number of H-pyrrole nitrogens is 1. The summed E-state index contributed by atoms with van der Waals surface area (Å²) in [7, 11) is 0. The van der Waals surface area contributed by atoms with Gasteiger partial charge in [0.1, 0.15) is 5.69 Å². The number of urea groups is 1. The quantitative estimate of drug-likeness (QED) is 0.424. The Labute approximate surface area is 199 Å². The molecule has 1 aliphatic rings. The van der Waals surface area contributed by atoms with Gasteiger partial charge in [-0.15, -0.1) is 0 Å². The largest absolute Gasteiger partial charge is 0.416 e. The summed E-state index contributed by atoms with van der Waals surface area (Å²) in [4.78, 5) is 29.6. The maximum Gasteiger partial charge on any atom is 0.416 e. The van der Waals surface area contributed by atoms with E-state index in [4.69, 9.17) is 11.6 Å². The zero-order valence-corrected chi connectivity index (χ0v) is 20.0. The van der Waals surface area contributed by atoms with Crippen molar-refractivity contribution in [3.05, 3.63) is 70.9 Å².